The summed E-state index contributed by atoms with van der Waals surface area (Å²) < 4.78 is 5.66. The maximum absolute atomic E-state index is 10.2. The van der Waals surface area contributed by atoms with Crippen molar-refractivity contribution < 1.29 is 9.84 Å². The van der Waals surface area contributed by atoms with E-state index in [0.29, 0.717) is 12.6 Å². The van der Waals surface area contributed by atoms with Crippen LogP contribution in [0.1, 0.15) is 24.8 Å². The molecule has 0 saturated carbocycles. The maximum atomic E-state index is 10.2. The van der Waals surface area contributed by atoms with Crippen LogP contribution in [0.5, 0.6) is 0 Å². The first-order chi connectivity index (χ1) is 7.68. The van der Waals surface area contributed by atoms with E-state index in [2.05, 4.69) is 18.7 Å². The highest BCUT2D eigenvalue weighted by Crippen LogP contribution is 2.26. The molecule has 3 nitrogen and oxygen atoms in total. The Morgan fingerprint density at radius 3 is 3.00 bits per heavy atom. The van der Waals surface area contributed by atoms with Gasteiger partial charge in [-0.05, 0) is 25.3 Å². The molecule has 2 rings (SSSR count). The third-order valence-corrected chi connectivity index (χ3v) is 3.98. The Hall–Kier alpha value is -0.420. The van der Waals surface area contributed by atoms with Crippen molar-refractivity contribution in [3.05, 3.63) is 22.4 Å². The molecule has 16 heavy (non-hydrogen) atoms. The molecule has 2 unspecified atom stereocenters. The molecule has 1 fully saturated rings. The zero-order valence-corrected chi connectivity index (χ0v) is 10.6. The summed E-state index contributed by atoms with van der Waals surface area (Å²) >= 11 is 1.59. The highest BCUT2D eigenvalue weighted by atomic mass is 32.1. The van der Waals surface area contributed by atoms with Crippen LogP contribution in [0, 0.1) is 0 Å². The zero-order chi connectivity index (χ0) is 11.5. The molecule has 0 bridgehead atoms. The van der Waals surface area contributed by atoms with Crippen LogP contribution in [0.25, 0.3) is 0 Å². The van der Waals surface area contributed by atoms with Crippen LogP contribution >= 0.6 is 11.3 Å². The summed E-state index contributed by atoms with van der Waals surface area (Å²) in [4.78, 5) is 3.35. The number of hydrogen-bond donors (Lipinski definition) is 1. The molecule has 1 N–H and O–H groups in total. The Morgan fingerprint density at radius 2 is 2.38 bits per heavy atom. The first-order valence-electron chi connectivity index (χ1n) is 5.75. The summed E-state index contributed by atoms with van der Waals surface area (Å²) in [6.45, 7) is 6.85. The van der Waals surface area contributed by atoms with E-state index in [1.165, 1.54) is 0 Å². The number of aliphatic hydroxyl groups is 1. The molecular formula is C12H19NO2S. The van der Waals surface area contributed by atoms with Crippen LogP contribution in [-0.2, 0) is 4.74 Å². The molecule has 1 aliphatic rings. The molecule has 0 aliphatic carbocycles. The standard InChI is InChI=1S/C12H19NO2S/c1-9(2)13-5-6-15-10(8-13)12(14)11-4-3-7-16-11/h3-4,7,9-10,12,14H,5-6,8H2,1-2H3. The lowest BCUT2D eigenvalue weighted by molar-refractivity contribution is -0.0951. The Morgan fingerprint density at radius 1 is 1.56 bits per heavy atom. The van der Waals surface area contributed by atoms with Gasteiger partial charge in [0.2, 0.25) is 0 Å². The predicted octanol–water partition coefficient (Wildman–Crippen LogP) is 1.89. The quantitative estimate of drug-likeness (QED) is 0.877. The lowest BCUT2D eigenvalue weighted by atomic mass is 10.1. The molecule has 4 heteroatoms. The van der Waals surface area contributed by atoms with E-state index in [0.717, 1.165) is 18.0 Å². The second-order valence-electron chi connectivity index (χ2n) is 4.46. The van der Waals surface area contributed by atoms with Crippen molar-refractivity contribution in [2.24, 2.45) is 0 Å². The highest BCUT2D eigenvalue weighted by Gasteiger charge is 2.29. The van der Waals surface area contributed by atoms with E-state index in [9.17, 15) is 5.11 Å². The van der Waals surface area contributed by atoms with Crippen LogP contribution in [0.2, 0.25) is 0 Å². The predicted molar refractivity (Wildman–Crippen MR) is 65.7 cm³/mol. The molecule has 90 valence electrons. The van der Waals surface area contributed by atoms with E-state index in [-0.39, 0.29) is 6.10 Å². The monoisotopic (exact) mass is 241 g/mol. The molecule has 1 aliphatic heterocycles. The molecule has 2 atom stereocenters. The third-order valence-electron chi connectivity index (χ3n) is 3.04. The topological polar surface area (TPSA) is 32.7 Å². The van der Waals surface area contributed by atoms with Gasteiger partial charge in [0.25, 0.3) is 0 Å². The smallest absolute Gasteiger partial charge is 0.115 e. The largest absolute Gasteiger partial charge is 0.385 e. The van der Waals surface area contributed by atoms with Crippen LogP contribution in [0.3, 0.4) is 0 Å². The van der Waals surface area contributed by atoms with Gasteiger partial charge in [0.15, 0.2) is 0 Å². The first-order valence-corrected chi connectivity index (χ1v) is 6.63. The van der Waals surface area contributed by atoms with E-state index in [4.69, 9.17) is 4.74 Å². The fraction of sp³-hybridized carbons (Fsp3) is 0.667. The fourth-order valence-electron chi connectivity index (χ4n) is 2.00. The van der Waals surface area contributed by atoms with Gasteiger partial charge in [0.1, 0.15) is 12.2 Å². The maximum Gasteiger partial charge on any atom is 0.115 e. The minimum absolute atomic E-state index is 0.0881. The molecule has 1 aromatic heterocycles. The van der Waals surface area contributed by atoms with Crippen molar-refractivity contribution in [1.29, 1.82) is 0 Å². The van der Waals surface area contributed by atoms with Gasteiger partial charge in [0.05, 0.1) is 6.61 Å². The molecule has 1 saturated heterocycles. The Labute approximate surface area is 101 Å². The van der Waals surface area contributed by atoms with Gasteiger partial charge in [0, 0.05) is 24.0 Å². The third kappa shape index (κ3) is 2.63. The van der Waals surface area contributed by atoms with Crippen molar-refractivity contribution >= 4 is 11.3 Å². The van der Waals surface area contributed by atoms with E-state index < -0.39 is 6.10 Å². The van der Waals surface area contributed by atoms with Gasteiger partial charge >= 0.3 is 0 Å². The van der Waals surface area contributed by atoms with Crippen LogP contribution in [0.15, 0.2) is 17.5 Å². The van der Waals surface area contributed by atoms with E-state index in [1.54, 1.807) is 11.3 Å². The summed E-state index contributed by atoms with van der Waals surface area (Å²) in [5.74, 6) is 0. The minimum atomic E-state index is -0.485. The Kier molecular flexibility index (Phi) is 3.97. The van der Waals surface area contributed by atoms with Crippen molar-refractivity contribution in [2.75, 3.05) is 19.7 Å². The number of thiophene rings is 1. The normalized spacial score (nSPS) is 24.9. The second-order valence-corrected chi connectivity index (χ2v) is 5.44. The molecule has 0 aromatic carbocycles. The number of aliphatic hydroxyl groups excluding tert-OH is 1. The summed E-state index contributed by atoms with van der Waals surface area (Å²) in [5, 5.41) is 12.2. The van der Waals surface area contributed by atoms with Gasteiger partial charge in [-0.2, -0.15) is 0 Å². The minimum Gasteiger partial charge on any atom is -0.385 e. The number of morpholine rings is 1. The van der Waals surface area contributed by atoms with Crippen molar-refractivity contribution in [1.82, 2.24) is 4.90 Å². The van der Waals surface area contributed by atoms with Crippen LogP contribution < -0.4 is 0 Å². The molecule has 0 spiro atoms. The van der Waals surface area contributed by atoms with Gasteiger partial charge in [-0.15, -0.1) is 11.3 Å². The zero-order valence-electron chi connectivity index (χ0n) is 9.80. The number of nitrogens with zero attached hydrogens (tertiary/aromatic N) is 1. The molecular weight excluding hydrogens is 222 g/mol. The lowest BCUT2D eigenvalue weighted by Crippen LogP contribution is -2.47. The number of ether oxygens (including phenoxy) is 1. The van der Waals surface area contributed by atoms with Crippen molar-refractivity contribution in [3.8, 4) is 0 Å². The first kappa shape index (κ1) is 12.0. The fourth-order valence-corrected chi connectivity index (χ4v) is 2.76. The van der Waals surface area contributed by atoms with E-state index in [1.807, 2.05) is 17.5 Å². The Bertz CT molecular complexity index is 313. The van der Waals surface area contributed by atoms with Gasteiger partial charge in [-0.25, -0.2) is 0 Å². The van der Waals surface area contributed by atoms with Crippen molar-refractivity contribution in [2.45, 2.75) is 32.1 Å². The molecule has 0 radical (unpaired) electrons. The lowest BCUT2D eigenvalue weighted by Gasteiger charge is -2.37. The molecule has 0 amide bonds. The Balaban J connectivity index is 1.99. The summed E-state index contributed by atoms with van der Waals surface area (Å²) in [7, 11) is 0. The van der Waals surface area contributed by atoms with Crippen LogP contribution in [-0.4, -0.2) is 41.8 Å². The van der Waals surface area contributed by atoms with E-state index >= 15 is 0 Å². The second kappa shape index (κ2) is 5.27. The number of rotatable bonds is 3. The average Bonchev–Trinajstić information content (AvgIpc) is 2.81. The number of hydrogen-bond acceptors (Lipinski definition) is 4. The highest BCUT2D eigenvalue weighted by molar-refractivity contribution is 7.10. The molecule has 2 heterocycles. The summed E-state index contributed by atoms with van der Waals surface area (Å²) in [6.07, 6.45) is -0.573. The van der Waals surface area contributed by atoms with Gasteiger partial charge in [-0.1, -0.05) is 6.07 Å². The summed E-state index contributed by atoms with van der Waals surface area (Å²) in [5.41, 5.74) is 0. The van der Waals surface area contributed by atoms with Gasteiger partial charge in [-0.3, -0.25) is 4.90 Å². The average molecular weight is 241 g/mol. The van der Waals surface area contributed by atoms with Crippen LogP contribution in [0.4, 0.5) is 0 Å². The van der Waals surface area contributed by atoms with Crippen molar-refractivity contribution in [3.63, 3.8) is 0 Å². The SMILES string of the molecule is CC(C)N1CCOC(C(O)c2cccs2)C1. The van der Waals surface area contributed by atoms with Gasteiger partial charge < -0.3 is 9.84 Å². The molecule has 1 aromatic rings. The summed E-state index contributed by atoms with van der Waals surface area (Å²) in [6, 6.07) is 4.45.